The van der Waals surface area contributed by atoms with Crippen molar-refractivity contribution in [1.82, 2.24) is 0 Å². The molecule has 0 aromatic carbocycles. The zero-order valence-electron chi connectivity index (χ0n) is 8.88. The first-order valence-electron chi connectivity index (χ1n) is 5.02. The van der Waals surface area contributed by atoms with Crippen molar-refractivity contribution in [2.24, 2.45) is 0 Å². The van der Waals surface area contributed by atoms with E-state index in [1.54, 1.807) is 0 Å². The average Bonchev–Trinajstić information content (AvgIpc) is 2.15. The van der Waals surface area contributed by atoms with E-state index in [9.17, 15) is 9.59 Å². The van der Waals surface area contributed by atoms with Gasteiger partial charge in [-0.1, -0.05) is 20.3 Å². The smallest absolute Gasteiger partial charge is 0.317 e. The van der Waals surface area contributed by atoms with Gasteiger partial charge in [0.1, 0.15) is 6.42 Å². The van der Waals surface area contributed by atoms with Crippen LogP contribution in [0.5, 0.6) is 0 Å². The Bertz CT molecular complexity index is 177. The molecule has 0 atom stereocenters. The largest absolute Gasteiger partial charge is 0.465 e. The van der Waals surface area contributed by atoms with Crippen LogP contribution in [0.3, 0.4) is 0 Å². The molecule has 0 spiro atoms. The highest BCUT2D eigenvalue weighted by Gasteiger charge is 2.10. The first kappa shape index (κ1) is 12.9. The summed E-state index contributed by atoms with van der Waals surface area (Å²) < 4.78 is 9.52. The number of carbonyl (C=O) groups is 2. The molecule has 14 heavy (non-hydrogen) atoms. The standard InChI is InChI=1S/C10H18O4/c1-3-5-7-14-10(12)8-9(11)13-6-4-2/h3-8H2,1-2H3. The predicted molar refractivity (Wildman–Crippen MR) is 51.7 cm³/mol. The molecule has 0 saturated heterocycles. The van der Waals surface area contributed by atoms with Crippen molar-refractivity contribution in [3.8, 4) is 0 Å². The number of rotatable bonds is 7. The lowest BCUT2D eigenvalue weighted by Crippen LogP contribution is -2.14. The van der Waals surface area contributed by atoms with E-state index < -0.39 is 11.9 Å². The Morgan fingerprint density at radius 1 is 0.929 bits per heavy atom. The van der Waals surface area contributed by atoms with Gasteiger partial charge in [0.15, 0.2) is 0 Å². The first-order chi connectivity index (χ1) is 6.70. The molecular formula is C10H18O4. The van der Waals surface area contributed by atoms with Crippen LogP contribution in [0.1, 0.15) is 39.5 Å². The predicted octanol–water partition coefficient (Wildman–Crippen LogP) is 1.67. The lowest BCUT2D eigenvalue weighted by molar-refractivity contribution is -0.154. The van der Waals surface area contributed by atoms with Gasteiger partial charge in [-0.25, -0.2) is 0 Å². The Hall–Kier alpha value is -1.06. The van der Waals surface area contributed by atoms with Crippen molar-refractivity contribution in [2.75, 3.05) is 13.2 Å². The summed E-state index contributed by atoms with van der Waals surface area (Å²) in [5, 5.41) is 0. The van der Waals surface area contributed by atoms with Crippen molar-refractivity contribution >= 4 is 11.9 Å². The molecule has 0 aliphatic rings. The number of esters is 2. The summed E-state index contributed by atoms with van der Waals surface area (Å²) in [5.41, 5.74) is 0. The van der Waals surface area contributed by atoms with E-state index in [-0.39, 0.29) is 6.42 Å². The zero-order chi connectivity index (χ0) is 10.8. The van der Waals surface area contributed by atoms with E-state index in [0.29, 0.717) is 13.2 Å². The Kier molecular flexibility index (Phi) is 7.89. The Labute approximate surface area is 84.6 Å². The number of hydrogen-bond acceptors (Lipinski definition) is 4. The van der Waals surface area contributed by atoms with Gasteiger partial charge in [-0.3, -0.25) is 9.59 Å². The summed E-state index contributed by atoms with van der Waals surface area (Å²) >= 11 is 0. The van der Waals surface area contributed by atoms with Crippen molar-refractivity contribution in [3.05, 3.63) is 0 Å². The number of hydrogen-bond donors (Lipinski definition) is 0. The van der Waals surface area contributed by atoms with Gasteiger partial charge < -0.3 is 9.47 Å². The van der Waals surface area contributed by atoms with Gasteiger partial charge in [0.05, 0.1) is 13.2 Å². The van der Waals surface area contributed by atoms with Crippen LogP contribution < -0.4 is 0 Å². The van der Waals surface area contributed by atoms with Crippen LogP contribution in [0, 0.1) is 0 Å². The van der Waals surface area contributed by atoms with Gasteiger partial charge in [0, 0.05) is 0 Å². The highest BCUT2D eigenvalue weighted by molar-refractivity contribution is 5.91. The van der Waals surface area contributed by atoms with E-state index in [4.69, 9.17) is 9.47 Å². The number of unbranched alkanes of at least 4 members (excludes halogenated alkanes) is 1. The minimum atomic E-state index is -0.506. The van der Waals surface area contributed by atoms with Crippen molar-refractivity contribution < 1.29 is 19.1 Å². The van der Waals surface area contributed by atoms with Gasteiger partial charge >= 0.3 is 11.9 Å². The molecule has 0 rings (SSSR count). The Morgan fingerprint density at radius 2 is 1.50 bits per heavy atom. The van der Waals surface area contributed by atoms with Gasteiger partial charge in [-0.05, 0) is 12.8 Å². The second-order valence-electron chi connectivity index (χ2n) is 2.97. The van der Waals surface area contributed by atoms with Gasteiger partial charge in [-0.2, -0.15) is 0 Å². The lowest BCUT2D eigenvalue weighted by Gasteiger charge is -2.03. The van der Waals surface area contributed by atoms with Gasteiger partial charge in [0.2, 0.25) is 0 Å². The van der Waals surface area contributed by atoms with Crippen LogP contribution in [0.2, 0.25) is 0 Å². The first-order valence-corrected chi connectivity index (χ1v) is 5.02. The second-order valence-corrected chi connectivity index (χ2v) is 2.97. The third-order valence-corrected chi connectivity index (χ3v) is 1.52. The number of carbonyl (C=O) groups excluding carboxylic acids is 2. The Morgan fingerprint density at radius 3 is 2.00 bits per heavy atom. The third kappa shape index (κ3) is 7.58. The molecule has 0 aliphatic carbocycles. The summed E-state index contributed by atoms with van der Waals surface area (Å²) in [5.74, 6) is -1.01. The fourth-order valence-electron chi connectivity index (χ4n) is 0.766. The molecule has 0 unspecified atom stereocenters. The molecule has 0 aromatic heterocycles. The highest BCUT2D eigenvalue weighted by atomic mass is 16.6. The maximum Gasteiger partial charge on any atom is 0.317 e. The normalized spacial score (nSPS) is 9.57. The summed E-state index contributed by atoms with van der Waals surface area (Å²) in [6.07, 6.45) is 2.28. The van der Waals surface area contributed by atoms with Crippen molar-refractivity contribution in [2.45, 2.75) is 39.5 Å². The zero-order valence-corrected chi connectivity index (χ0v) is 8.88. The molecule has 0 heterocycles. The molecular weight excluding hydrogens is 184 g/mol. The summed E-state index contributed by atoms with van der Waals surface area (Å²) in [7, 11) is 0. The van der Waals surface area contributed by atoms with Crippen LogP contribution in [0.4, 0.5) is 0 Å². The summed E-state index contributed by atoms with van der Waals surface area (Å²) in [4.78, 5) is 21.9. The van der Waals surface area contributed by atoms with Gasteiger partial charge in [-0.15, -0.1) is 0 Å². The number of ether oxygens (including phenoxy) is 2. The van der Waals surface area contributed by atoms with E-state index >= 15 is 0 Å². The second kappa shape index (κ2) is 8.53. The van der Waals surface area contributed by atoms with Gasteiger partial charge in [0.25, 0.3) is 0 Å². The molecule has 0 fully saturated rings. The molecule has 0 aliphatic heterocycles. The Balaban J connectivity index is 3.45. The van der Waals surface area contributed by atoms with Crippen molar-refractivity contribution in [1.29, 1.82) is 0 Å². The van der Waals surface area contributed by atoms with E-state index in [0.717, 1.165) is 19.3 Å². The molecule has 0 N–H and O–H groups in total. The minimum absolute atomic E-state index is 0.274. The minimum Gasteiger partial charge on any atom is -0.465 e. The van der Waals surface area contributed by atoms with Crippen LogP contribution in [0.15, 0.2) is 0 Å². The van der Waals surface area contributed by atoms with Crippen LogP contribution in [-0.4, -0.2) is 25.2 Å². The topological polar surface area (TPSA) is 52.6 Å². The molecule has 82 valence electrons. The molecule has 0 aromatic rings. The quantitative estimate of drug-likeness (QED) is 0.358. The molecule has 0 bridgehead atoms. The fraction of sp³-hybridized carbons (Fsp3) is 0.800. The van der Waals surface area contributed by atoms with Crippen LogP contribution in [-0.2, 0) is 19.1 Å². The monoisotopic (exact) mass is 202 g/mol. The summed E-state index contributed by atoms with van der Waals surface area (Å²) in [6.45, 7) is 4.65. The molecule has 4 nitrogen and oxygen atoms in total. The van der Waals surface area contributed by atoms with E-state index in [1.807, 2.05) is 13.8 Å². The van der Waals surface area contributed by atoms with Crippen LogP contribution >= 0.6 is 0 Å². The highest BCUT2D eigenvalue weighted by Crippen LogP contribution is 1.94. The SMILES string of the molecule is CCCCOC(=O)CC(=O)OCCC. The molecule has 0 amide bonds. The van der Waals surface area contributed by atoms with Crippen molar-refractivity contribution in [3.63, 3.8) is 0 Å². The molecule has 0 radical (unpaired) electrons. The fourth-order valence-corrected chi connectivity index (χ4v) is 0.766. The average molecular weight is 202 g/mol. The maximum atomic E-state index is 11.0. The molecule has 4 heteroatoms. The maximum absolute atomic E-state index is 11.0. The molecule has 0 saturated carbocycles. The summed E-state index contributed by atoms with van der Waals surface area (Å²) in [6, 6.07) is 0. The van der Waals surface area contributed by atoms with E-state index in [1.165, 1.54) is 0 Å². The third-order valence-electron chi connectivity index (χ3n) is 1.52. The lowest BCUT2D eigenvalue weighted by atomic mass is 10.3. The van der Waals surface area contributed by atoms with E-state index in [2.05, 4.69) is 0 Å². The van der Waals surface area contributed by atoms with Crippen LogP contribution in [0.25, 0.3) is 0 Å².